The minimum atomic E-state index is 0.680. The van der Waals surface area contributed by atoms with Crippen molar-refractivity contribution in [1.82, 2.24) is 15.0 Å². The lowest BCUT2D eigenvalue weighted by Gasteiger charge is -2.22. The van der Waals surface area contributed by atoms with Crippen LogP contribution in [0.1, 0.15) is 5.56 Å². The Morgan fingerprint density at radius 1 is 0.815 bits per heavy atom. The molecule has 4 rings (SSSR count). The van der Waals surface area contributed by atoms with E-state index >= 15 is 0 Å². The maximum atomic E-state index is 5.28. The number of hydrogen-bond acceptors (Lipinski definition) is 4. The molecule has 0 atom stereocenters. The first-order valence-corrected chi connectivity index (χ1v) is 8.77. The molecule has 1 aromatic heterocycles. The van der Waals surface area contributed by atoms with E-state index in [-0.39, 0.29) is 0 Å². The smallest absolute Gasteiger partial charge is 0.180 e. The molecule has 1 heterocycles. The van der Waals surface area contributed by atoms with Crippen molar-refractivity contribution in [1.29, 1.82) is 0 Å². The van der Waals surface area contributed by atoms with Gasteiger partial charge in [0.15, 0.2) is 5.82 Å². The van der Waals surface area contributed by atoms with E-state index in [0.717, 1.165) is 22.9 Å². The summed E-state index contributed by atoms with van der Waals surface area (Å²) in [6, 6.07) is 28.3. The molecule has 0 amide bonds. The Morgan fingerprint density at radius 3 is 2.11 bits per heavy atom. The summed E-state index contributed by atoms with van der Waals surface area (Å²) in [5, 5.41) is 8.73. The molecule has 0 N–H and O–H groups in total. The van der Waals surface area contributed by atoms with Crippen molar-refractivity contribution in [2.45, 2.75) is 6.54 Å². The summed E-state index contributed by atoms with van der Waals surface area (Å²) in [7, 11) is 1.67. The molecule has 0 aliphatic carbocycles. The minimum absolute atomic E-state index is 0.680. The van der Waals surface area contributed by atoms with Gasteiger partial charge in [0.05, 0.1) is 19.9 Å². The lowest BCUT2D eigenvalue weighted by atomic mass is 10.2. The molecule has 0 aliphatic rings. The summed E-state index contributed by atoms with van der Waals surface area (Å²) in [5.74, 6) is 1.58. The van der Waals surface area contributed by atoms with Crippen LogP contribution in [0.2, 0.25) is 0 Å². The first kappa shape index (κ1) is 16.8. The molecule has 0 radical (unpaired) electrons. The Balaban J connectivity index is 1.68. The van der Waals surface area contributed by atoms with Gasteiger partial charge in [0.1, 0.15) is 5.75 Å². The third-order valence-electron chi connectivity index (χ3n) is 4.29. The van der Waals surface area contributed by atoms with Gasteiger partial charge in [-0.05, 0) is 42.0 Å². The van der Waals surface area contributed by atoms with E-state index in [1.54, 1.807) is 7.11 Å². The van der Waals surface area contributed by atoms with E-state index < -0.39 is 0 Å². The van der Waals surface area contributed by atoms with Crippen molar-refractivity contribution in [3.63, 3.8) is 0 Å². The predicted octanol–water partition coefficient (Wildman–Crippen LogP) is 4.80. The lowest BCUT2D eigenvalue weighted by molar-refractivity contribution is 0.415. The first-order chi connectivity index (χ1) is 13.3. The molecule has 0 saturated carbocycles. The number of rotatable bonds is 6. The van der Waals surface area contributed by atoms with Crippen LogP contribution in [0.3, 0.4) is 0 Å². The van der Waals surface area contributed by atoms with Crippen molar-refractivity contribution in [3.8, 4) is 5.75 Å². The van der Waals surface area contributed by atoms with E-state index in [0.29, 0.717) is 6.54 Å². The Bertz CT molecular complexity index is 982. The summed E-state index contributed by atoms with van der Waals surface area (Å²) in [4.78, 5) is 2.08. The van der Waals surface area contributed by atoms with Gasteiger partial charge in [-0.1, -0.05) is 53.7 Å². The highest BCUT2D eigenvalue weighted by atomic mass is 16.5. The molecule has 0 aliphatic heterocycles. The summed E-state index contributed by atoms with van der Waals surface area (Å²) in [6.45, 7) is 0.680. The van der Waals surface area contributed by atoms with E-state index in [1.807, 2.05) is 71.5 Å². The molecule has 0 saturated heterocycles. The third-order valence-corrected chi connectivity index (χ3v) is 4.29. The zero-order valence-electron chi connectivity index (χ0n) is 15.1. The number of methoxy groups -OCH3 is 1. The maximum absolute atomic E-state index is 5.28. The summed E-state index contributed by atoms with van der Waals surface area (Å²) < 4.78 is 7.13. The van der Waals surface area contributed by atoms with Crippen LogP contribution in [-0.2, 0) is 6.54 Å². The van der Waals surface area contributed by atoms with Gasteiger partial charge in [-0.2, -0.15) is 0 Å². The molecule has 0 fully saturated rings. The van der Waals surface area contributed by atoms with Crippen LogP contribution in [0.5, 0.6) is 5.75 Å². The number of para-hydroxylation sites is 1. The fourth-order valence-corrected chi connectivity index (χ4v) is 2.96. The quantitative estimate of drug-likeness (QED) is 0.497. The number of hydrogen-bond donors (Lipinski definition) is 0. The second kappa shape index (κ2) is 7.74. The fraction of sp³-hybridized carbons (Fsp3) is 0.0909. The topological polar surface area (TPSA) is 43.2 Å². The molecule has 3 aromatic carbocycles. The van der Waals surface area contributed by atoms with Gasteiger partial charge in [-0.3, -0.25) is 4.90 Å². The van der Waals surface area contributed by atoms with Crippen molar-refractivity contribution < 1.29 is 4.74 Å². The number of nitrogens with zero attached hydrogens (tertiary/aromatic N) is 4. The highest BCUT2D eigenvalue weighted by Crippen LogP contribution is 2.33. The monoisotopic (exact) mass is 356 g/mol. The average molecular weight is 356 g/mol. The molecule has 0 unspecified atom stereocenters. The van der Waals surface area contributed by atoms with Gasteiger partial charge in [-0.25, -0.2) is 4.68 Å². The first-order valence-electron chi connectivity index (χ1n) is 8.77. The summed E-state index contributed by atoms with van der Waals surface area (Å²) >= 11 is 0. The molecule has 4 aromatic rings. The van der Waals surface area contributed by atoms with Gasteiger partial charge in [0, 0.05) is 11.4 Å². The van der Waals surface area contributed by atoms with Crippen LogP contribution in [0.15, 0.2) is 91.1 Å². The zero-order chi connectivity index (χ0) is 18.5. The average Bonchev–Trinajstić information content (AvgIpc) is 3.18. The normalized spacial score (nSPS) is 10.6. The Morgan fingerprint density at radius 2 is 1.44 bits per heavy atom. The van der Waals surface area contributed by atoms with Crippen LogP contribution in [-0.4, -0.2) is 22.1 Å². The lowest BCUT2D eigenvalue weighted by Crippen LogP contribution is -2.10. The maximum Gasteiger partial charge on any atom is 0.180 e. The largest absolute Gasteiger partial charge is 0.497 e. The highest BCUT2D eigenvalue weighted by Gasteiger charge is 2.16. The second-order valence-corrected chi connectivity index (χ2v) is 6.13. The summed E-state index contributed by atoms with van der Waals surface area (Å²) in [5.41, 5.74) is 3.20. The number of ether oxygens (including phenoxy) is 1. The van der Waals surface area contributed by atoms with Crippen LogP contribution in [0.4, 0.5) is 17.2 Å². The molecule has 5 nitrogen and oxygen atoms in total. The number of aromatic nitrogens is 3. The van der Waals surface area contributed by atoms with E-state index in [1.165, 1.54) is 5.56 Å². The third kappa shape index (κ3) is 3.82. The Hall–Kier alpha value is -3.60. The molecular formula is C22H20N4O. The van der Waals surface area contributed by atoms with Gasteiger partial charge >= 0.3 is 0 Å². The fourth-order valence-electron chi connectivity index (χ4n) is 2.96. The zero-order valence-corrected chi connectivity index (χ0v) is 15.1. The van der Waals surface area contributed by atoms with Crippen molar-refractivity contribution in [2.75, 3.05) is 12.0 Å². The number of benzene rings is 3. The van der Waals surface area contributed by atoms with Crippen LogP contribution < -0.4 is 9.64 Å². The van der Waals surface area contributed by atoms with Crippen LogP contribution in [0.25, 0.3) is 0 Å². The predicted molar refractivity (Wildman–Crippen MR) is 107 cm³/mol. The molecular weight excluding hydrogens is 336 g/mol. The van der Waals surface area contributed by atoms with Gasteiger partial charge in [0.2, 0.25) is 0 Å². The number of anilines is 3. The Kier molecular flexibility index (Phi) is 4.83. The highest BCUT2D eigenvalue weighted by molar-refractivity contribution is 5.74. The van der Waals surface area contributed by atoms with E-state index in [4.69, 9.17) is 4.74 Å². The standard InChI is InChI=1S/C22H20N4O/c1-27-21-14-12-20(13-15-21)26(19-10-6-3-7-11-19)22-17-25(24-23-22)16-18-8-4-2-5-9-18/h2-15,17H,16H2,1H3. The molecule has 0 spiro atoms. The van der Waals surface area contributed by atoms with Gasteiger partial charge in [0.25, 0.3) is 0 Å². The molecule has 27 heavy (non-hydrogen) atoms. The van der Waals surface area contributed by atoms with Crippen LogP contribution in [0, 0.1) is 0 Å². The van der Waals surface area contributed by atoms with E-state index in [2.05, 4.69) is 39.5 Å². The van der Waals surface area contributed by atoms with Gasteiger partial charge < -0.3 is 4.74 Å². The summed E-state index contributed by atoms with van der Waals surface area (Å²) in [6.07, 6.45) is 1.96. The van der Waals surface area contributed by atoms with Crippen molar-refractivity contribution in [2.24, 2.45) is 0 Å². The van der Waals surface area contributed by atoms with Crippen molar-refractivity contribution in [3.05, 3.63) is 96.7 Å². The molecule has 5 heteroatoms. The van der Waals surface area contributed by atoms with Crippen LogP contribution >= 0.6 is 0 Å². The van der Waals surface area contributed by atoms with E-state index in [9.17, 15) is 0 Å². The second-order valence-electron chi connectivity index (χ2n) is 6.13. The molecule has 134 valence electrons. The molecule has 0 bridgehead atoms. The van der Waals surface area contributed by atoms with Gasteiger partial charge in [-0.15, -0.1) is 5.10 Å². The SMILES string of the molecule is COc1ccc(N(c2ccccc2)c2cn(Cc3ccccc3)nn2)cc1. The van der Waals surface area contributed by atoms with Crippen molar-refractivity contribution >= 4 is 17.2 Å². The Labute approximate surface area is 158 Å². The minimum Gasteiger partial charge on any atom is -0.497 e.